The third-order valence-corrected chi connectivity index (χ3v) is 6.89. The second kappa shape index (κ2) is 10.6. The summed E-state index contributed by atoms with van der Waals surface area (Å²) < 4.78 is 15.5. The van der Waals surface area contributed by atoms with Crippen LogP contribution in [0.2, 0.25) is 5.02 Å². The molecule has 0 bridgehead atoms. The van der Waals surface area contributed by atoms with Crippen LogP contribution in [-0.2, 0) is 19.5 Å². The maximum Gasteiger partial charge on any atom is 0.326 e. The first-order valence-electron chi connectivity index (χ1n) is 12.0. The van der Waals surface area contributed by atoms with Gasteiger partial charge in [0.1, 0.15) is 5.82 Å². The van der Waals surface area contributed by atoms with E-state index in [0.717, 1.165) is 45.5 Å². The lowest BCUT2D eigenvalue weighted by atomic mass is 10.0. The molecule has 0 atom stereocenters. The van der Waals surface area contributed by atoms with Crippen molar-refractivity contribution in [3.8, 4) is 6.07 Å². The van der Waals surface area contributed by atoms with Crippen molar-refractivity contribution in [2.45, 2.75) is 26.4 Å². The van der Waals surface area contributed by atoms with Crippen LogP contribution in [0, 0.1) is 24.1 Å². The minimum absolute atomic E-state index is 0.108. The largest absolute Gasteiger partial charge is 0.333 e. The van der Waals surface area contributed by atoms with E-state index in [1.54, 1.807) is 35.0 Å². The second-order valence-corrected chi connectivity index (χ2v) is 9.54. The van der Waals surface area contributed by atoms with Gasteiger partial charge in [-0.3, -0.25) is 14.5 Å². The number of rotatable bonds is 5. The third-order valence-electron chi connectivity index (χ3n) is 6.58. The molecule has 0 spiro atoms. The van der Waals surface area contributed by atoms with Crippen LogP contribution in [-0.4, -0.2) is 33.6 Å². The zero-order valence-corrected chi connectivity index (χ0v) is 21.1. The van der Waals surface area contributed by atoms with Crippen molar-refractivity contribution >= 4 is 34.6 Å². The van der Waals surface area contributed by atoms with Gasteiger partial charge in [-0.05, 0) is 60.0 Å². The Morgan fingerprint density at radius 3 is 2.89 bits per heavy atom. The number of nitrogens with one attached hydrogen (secondary N) is 1. The lowest BCUT2D eigenvalue weighted by Crippen LogP contribution is -2.34. The number of carbonyl (C=O) groups is 1. The van der Waals surface area contributed by atoms with Crippen molar-refractivity contribution in [3.63, 3.8) is 0 Å². The Kier molecular flexibility index (Phi) is 7.04. The van der Waals surface area contributed by atoms with E-state index in [-0.39, 0.29) is 11.1 Å². The molecule has 0 fully saturated rings. The summed E-state index contributed by atoms with van der Waals surface area (Å²) in [5.41, 5.74) is 5.92. The quantitative estimate of drug-likeness (QED) is 0.364. The normalized spacial score (nSPS) is 13.6. The van der Waals surface area contributed by atoms with E-state index in [9.17, 15) is 14.4 Å². The fourth-order valence-electron chi connectivity index (χ4n) is 4.80. The van der Waals surface area contributed by atoms with Gasteiger partial charge in [0.25, 0.3) is 0 Å². The molecule has 2 aromatic heterocycles. The number of amides is 1. The number of carbonyl (C=O) groups excluding carboxylic acids is 1. The van der Waals surface area contributed by atoms with Crippen LogP contribution in [0.5, 0.6) is 0 Å². The van der Waals surface area contributed by atoms with Crippen molar-refractivity contribution in [1.29, 1.82) is 5.26 Å². The summed E-state index contributed by atoms with van der Waals surface area (Å²) in [7, 11) is 0. The van der Waals surface area contributed by atoms with E-state index < -0.39 is 5.82 Å². The van der Waals surface area contributed by atoms with Crippen LogP contribution < -0.4 is 5.32 Å². The van der Waals surface area contributed by atoms with E-state index in [1.807, 2.05) is 37.3 Å². The van der Waals surface area contributed by atoms with Crippen LogP contribution in [0.25, 0.3) is 17.0 Å². The summed E-state index contributed by atoms with van der Waals surface area (Å²) in [6.07, 6.45) is 6.31. The van der Waals surface area contributed by atoms with Gasteiger partial charge in [-0.15, -0.1) is 0 Å². The minimum Gasteiger partial charge on any atom is -0.333 e. The molecule has 0 aliphatic carbocycles. The van der Waals surface area contributed by atoms with E-state index in [0.29, 0.717) is 31.6 Å². The number of aromatic nitrogens is 2. The predicted molar refractivity (Wildman–Crippen MR) is 143 cm³/mol. The highest BCUT2D eigenvalue weighted by Crippen LogP contribution is 2.31. The van der Waals surface area contributed by atoms with Gasteiger partial charge in [-0.25, -0.2) is 9.18 Å². The first-order valence-corrected chi connectivity index (χ1v) is 12.4. The maximum atomic E-state index is 13.7. The molecule has 1 N–H and O–H groups in total. The topological polar surface area (TPSA) is 74.0 Å². The van der Waals surface area contributed by atoms with E-state index in [4.69, 9.17) is 11.6 Å². The van der Waals surface area contributed by atoms with Crippen LogP contribution in [0.3, 0.4) is 0 Å². The Balaban J connectivity index is 1.39. The van der Waals surface area contributed by atoms with Gasteiger partial charge in [0.15, 0.2) is 0 Å². The van der Waals surface area contributed by atoms with Crippen LogP contribution in [0.15, 0.2) is 60.8 Å². The molecule has 8 heteroatoms. The lowest BCUT2D eigenvalue weighted by Gasteiger charge is -2.27. The van der Waals surface area contributed by atoms with E-state index in [2.05, 4.69) is 21.3 Å². The SMILES string of the molecule is Cc1cc(CNC(=O)n2c3c(c4ccc(C#N)cc42)CN(CC=Cc2ccc(Cl)c(F)c2)CC3)ccn1. The average Bonchev–Trinajstić information content (AvgIpc) is 3.22. The van der Waals surface area contributed by atoms with Crippen LogP contribution >= 0.6 is 11.6 Å². The summed E-state index contributed by atoms with van der Waals surface area (Å²) in [5.74, 6) is -0.437. The van der Waals surface area contributed by atoms with Gasteiger partial charge in [0.2, 0.25) is 0 Å². The number of fused-ring (bicyclic) bond motifs is 3. The molecular formula is C29H25ClFN5O. The Hall–Kier alpha value is -3.99. The number of benzene rings is 2. The molecule has 0 saturated carbocycles. The highest BCUT2D eigenvalue weighted by Gasteiger charge is 2.26. The molecule has 3 heterocycles. The zero-order valence-electron chi connectivity index (χ0n) is 20.3. The number of pyridine rings is 1. The fourth-order valence-corrected chi connectivity index (χ4v) is 4.91. The molecule has 5 rings (SSSR count). The Bertz CT molecular complexity index is 1570. The molecule has 0 saturated heterocycles. The van der Waals surface area contributed by atoms with Crippen molar-refractivity contribution < 1.29 is 9.18 Å². The number of halogens is 2. The van der Waals surface area contributed by atoms with Crippen LogP contribution in [0.4, 0.5) is 9.18 Å². The van der Waals surface area contributed by atoms with Gasteiger partial charge in [-0.2, -0.15) is 5.26 Å². The monoisotopic (exact) mass is 513 g/mol. The smallest absolute Gasteiger partial charge is 0.326 e. The standard InChI is InChI=1S/C29H25ClFN5O/c1-19-13-22(8-10-33-19)17-34-29(37)36-27-9-12-35(11-2-3-20-5-7-25(30)26(31)14-20)18-24(27)23-6-4-21(16-32)15-28(23)36/h2-8,10,13-15H,9,11-12,17-18H2,1H3,(H,34,37). The molecule has 0 radical (unpaired) electrons. The highest BCUT2D eigenvalue weighted by molar-refractivity contribution is 6.30. The Labute approximate surface area is 219 Å². The van der Waals surface area contributed by atoms with Crippen molar-refractivity contribution in [2.24, 2.45) is 0 Å². The Morgan fingerprint density at radius 2 is 2.11 bits per heavy atom. The first-order chi connectivity index (χ1) is 17.9. The molecular weight excluding hydrogens is 489 g/mol. The van der Waals surface area contributed by atoms with Crippen molar-refractivity contribution in [3.05, 3.63) is 105 Å². The van der Waals surface area contributed by atoms with Crippen molar-refractivity contribution in [1.82, 2.24) is 19.8 Å². The Morgan fingerprint density at radius 1 is 1.24 bits per heavy atom. The zero-order chi connectivity index (χ0) is 25.9. The third kappa shape index (κ3) is 5.26. The summed E-state index contributed by atoms with van der Waals surface area (Å²) in [4.78, 5) is 19.9. The fraction of sp³-hybridized carbons (Fsp3) is 0.207. The molecule has 0 unspecified atom stereocenters. The molecule has 1 aliphatic heterocycles. The maximum absolute atomic E-state index is 13.7. The van der Waals surface area contributed by atoms with E-state index in [1.165, 1.54) is 6.07 Å². The number of nitriles is 1. The molecule has 37 heavy (non-hydrogen) atoms. The predicted octanol–water partition coefficient (Wildman–Crippen LogP) is 5.84. The van der Waals surface area contributed by atoms with Gasteiger partial charge in [-0.1, -0.05) is 35.9 Å². The van der Waals surface area contributed by atoms with E-state index >= 15 is 0 Å². The van der Waals surface area contributed by atoms with Gasteiger partial charge >= 0.3 is 6.03 Å². The highest BCUT2D eigenvalue weighted by atomic mass is 35.5. The lowest BCUT2D eigenvalue weighted by molar-refractivity contribution is 0.240. The minimum atomic E-state index is -0.437. The summed E-state index contributed by atoms with van der Waals surface area (Å²) in [6, 6.07) is 16.0. The second-order valence-electron chi connectivity index (χ2n) is 9.13. The van der Waals surface area contributed by atoms with Gasteiger partial charge in [0.05, 0.1) is 22.2 Å². The molecule has 186 valence electrons. The average molecular weight is 514 g/mol. The molecule has 2 aromatic carbocycles. The van der Waals surface area contributed by atoms with Crippen molar-refractivity contribution in [2.75, 3.05) is 13.1 Å². The number of hydrogen-bond donors (Lipinski definition) is 1. The van der Waals surface area contributed by atoms with Crippen LogP contribution in [0.1, 0.15) is 33.6 Å². The summed E-state index contributed by atoms with van der Waals surface area (Å²) in [5, 5.41) is 13.6. The molecule has 1 amide bonds. The number of aryl methyl sites for hydroxylation is 1. The number of hydrogen-bond acceptors (Lipinski definition) is 4. The molecule has 4 aromatic rings. The van der Waals surface area contributed by atoms with Gasteiger partial charge < -0.3 is 5.32 Å². The summed E-state index contributed by atoms with van der Waals surface area (Å²) >= 11 is 5.77. The summed E-state index contributed by atoms with van der Waals surface area (Å²) in [6.45, 7) is 4.42. The van der Waals surface area contributed by atoms with Gasteiger partial charge in [0, 0.05) is 55.6 Å². The first kappa shape index (κ1) is 24.7. The molecule has 1 aliphatic rings. The number of nitrogens with zero attached hydrogens (tertiary/aromatic N) is 4. The molecule has 6 nitrogen and oxygen atoms in total.